The lowest BCUT2D eigenvalue weighted by molar-refractivity contribution is 0.436. The number of rotatable bonds is 2. The van der Waals surface area contributed by atoms with Gasteiger partial charge in [-0.1, -0.05) is 30.9 Å². The Labute approximate surface area is 135 Å². The van der Waals surface area contributed by atoms with Crippen LogP contribution in [0.15, 0.2) is 18.2 Å². The summed E-state index contributed by atoms with van der Waals surface area (Å²) in [6.07, 6.45) is 5.55. The van der Waals surface area contributed by atoms with Crippen molar-refractivity contribution in [3.05, 3.63) is 35.0 Å². The highest BCUT2D eigenvalue weighted by Gasteiger charge is 2.24. The summed E-state index contributed by atoms with van der Waals surface area (Å²) in [5.74, 6) is 0.950. The molecule has 0 spiro atoms. The molecule has 1 heterocycles. The maximum Gasteiger partial charge on any atom is 0.165 e. The first kappa shape index (κ1) is 15.3. The molecule has 0 radical (unpaired) electrons. The molecular formula is C18H20N4O. The molecule has 1 aromatic carbocycles. The van der Waals surface area contributed by atoms with Gasteiger partial charge in [-0.05, 0) is 31.9 Å². The quantitative estimate of drug-likeness (QED) is 0.882. The molecule has 118 valence electrons. The van der Waals surface area contributed by atoms with Gasteiger partial charge >= 0.3 is 0 Å². The van der Waals surface area contributed by atoms with Gasteiger partial charge in [-0.15, -0.1) is 0 Å². The topological polar surface area (TPSA) is 95.8 Å². The monoisotopic (exact) mass is 308 g/mol. The zero-order valence-corrected chi connectivity index (χ0v) is 13.2. The molecule has 3 N–H and O–H groups in total. The molecule has 0 aliphatic heterocycles. The van der Waals surface area contributed by atoms with Crippen LogP contribution in [0.5, 0.6) is 5.75 Å². The van der Waals surface area contributed by atoms with Crippen molar-refractivity contribution in [3.8, 4) is 23.2 Å². The van der Waals surface area contributed by atoms with Gasteiger partial charge in [-0.2, -0.15) is 5.26 Å². The molecule has 1 aliphatic rings. The summed E-state index contributed by atoms with van der Waals surface area (Å²) in [6, 6.07) is 7.44. The van der Waals surface area contributed by atoms with Crippen LogP contribution in [0.1, 0.15) is 54.8 Å². The van der Waals surface area contributed by atoms with Gasteiger partial charge in [0.15, 0.2) is 5.82 Å². The molecule has 0 saturated heterocycles. The van der Waals surface area contributed by atoms with E-state index in [0.717, 1.165) is 36.9 Å². The summed E-state index contributed by atoms with van der Waals surface area (Å²) >= 11 is 0. The molecule has 1 fully saturated rings. The fourth-order valence-corrected chi connectivity index (χ4v) is 3.23. The van der Waals surface area contributed by atoms with Crippen LogP contribution in [0, 0.1) is 18.3 Å². The highest BCUT2D eigenvalue weighted by molar-refractivity contribution is 5.67. The number of nitrogens with zero attached hydrogens (tertiary/aromatic N) is 3. The lowest BCUT2D eigenvalue weighted by Gasteiger charge is -2.22. The molecule has 5 heteroatoms. The predicted octanol–water partition coefficient (Wildman–Crippen LogP) is 3.66. The number of nitrogens with two attached hydrogens (primary N) is 1. The van der Waals surface area contributed by atoms with Crippen LogP contribution in [0.3, 0.4) is 0 Å². The van der Waals surface area contributed by atoms with Gasteiger partial charge < -0.3 is 10.8 Å². The van der Waals surface area contributed by atoms with Crippen molar-refractivity contribution in [1.82, 2.24) is 9.97 Å². The van der Waals surface area contributed by atoms with E-state index in [4.69, 9.17) is 5.73 Å². The number of phenols is 1. The summed E-state index contributed by atoms with van der Waals surface area (Å²) in [5.41, 5.74) is 8.68. The summed E-state index contributed by atoms with van der Waals surface area (Å²) < 4.78 is 0. The second-order valence-corrected chi connectivity index (χ2v) is 6.16. The van der Waals surface area contributed by atoms with Crippen LogP contribution in [0.2, 0.25) is 0 Å². The van der Waals surface area contributed by atoms with E-state index in [1.165, 1.54) is 6.42 Å². The third-order valence-corrected chi connectivity index (χ3v) is 4.46. The van der Waals surface area contributed by atoms with Crippen LogP contribution >= 0.6 is 0 Å². The van der Waals surface area contributed by atoms with E-state index >= 15 is 0 Å². The number of aromatic hydroxyl groups is 1. The van der Waals surface area contributed by atoms with Gasteiger partial charge in [-0.25, -0.2) is 9.97 Å². The number of nitriles is 1. The summed E-state index contributed by atoms with van der Waals surface area (Å²) in [4.78, 5) is 8.88. The van der Waals surface area contributed by atoms with E-state index in [2.05, 4.69) is 16.0 Å². The molecular weight excluding hydrogens is 288 g/mol. The average molecular weight is 308 g/mol. The van der Waals surface area contributed by atoms with Crippen molar-refractivity contribution in [2.24, 2.45) is 0 Å². The second-order valence-electron chi connectivity index (χ2n) is 6.16. The largest absolute Gasteiger partial charge is 0.507 e. The van der Waals surface area contributed by atoms with Crippen LogP contribution in [0.25, 0.3) is 11.4 Å². The fraction of sp³-hybridized carbons (Fsp3) is 0.389. The summed E-state index contributed by atoms with van der Waals surface area (Å²) in [5, 5.41) is 19.6. The number of phenolic OH excluding ortho intramolecular Hbond substituents is 1. The van der Waals surface area contributed by atoms with E-state index in [0.29, 0.717) is 17.0 Å². The second kappa shape index (κ2) is 6.25. The van der Waals surface area contributed by atoms with Crippen LogP contribution in [0.4, 0.5) is 5.82 Å². The number of hydrogen-bond acceptors (Lipinski definition) is 5. The van der Waals surface area contributed by atoms with Gasteiger partial charge in [0.1, 0.15) is 23.2 Å². The van der Waals surface area contributed by atoms with Gasteiger partial charge in [0, 0.05) is 5.92 Å². The summed E-state index contributed by atoms with van der Waals surface area (Å²) in [6.45, 7) is 1.94. The van der Waals surface area contributed by atoms with Crippen molar-refractivity contribution in [2.75, 3.05) is 5.73 Å². The molecule has 1 aromatic heterocycles. The lowest BCUT2D eigenvalue weighted by atomic mass is 9.85. The van der Waals surface area contributed by atoms with E-state index in [9.17, 15) is 10.4 Å². The standard InChI is InChI=1S/C18H20N4O/c1-11-7-8-15(23)13(9-11)18-21-16(12-5-3-2-4-6-12)14(10-19)17(20)22-18/h7-9,12,23H,2-6H2,1H3,(H2,20,21,22). The van der Waals surface area contributed by atoms with Crippen molar-refractivity contribution < 1.29 is 5.11 Å². The Kier molecular flexibility index (Phi) is 4.16. The maximum atomic E-state index is 10.1. The Morgan fingerprint density at radius 2 is 1.96 bits per heavy atom. The Balaban J connectivity index is 2.14. The highest BCUT2D eigenvalue weighted by atomic mass is 16.3. The number of hydrogen-bond donors (Lipinski definition) is 2. The minimum absolute atomic E-state index is 0.120. The number of benzene rings is 1. The first-order valence-electron chi connectivity index (χ1n) is 7.97. The van der Waals surface area contributed by atoms with Crippen molar-refractivity contribution in [2.45, 2.75) is 44.9 Å². The molecule has 2 aromatic rings. The smallest absolute Gasteiger partial charge is 0.165 e. The van der Waals surface area contributed by atoms with Gasteiger partial charge in [0.05, 0.1) is 11.3 Å². The van der Waals surface area contributed by atoms with Crippen LogP contribution in [-0.2, 0) is 0 Å². The molecule has 0 amide bonds. The molecule has 5 nitrogen and oxygen atoms in total. The third-order valence-electron chi connectivity index (χ3n) is 4.46. The SMILES string of the molecule is Cc1ccc(O)c(-c2nc(N)c(C#N)c(C3CCCCC3)n2)c1. The summed E-state index contributed by atoms with van der Waals surface area (Å²) in [7, 11) is 0. The lowest BCUT2D eigenvalue weighted by Crippen LogP contribution is -2.12. The molecule has 3 rings (SSSR count). The zero-order chi connectivity index (χ0) is 16.4. The predicted molar refractivity (Wildman–Crippen MR) is 88.8 cm³/mol. The molecule has 0 atom stereocenters. The van der Waals surface area contributed by atoms with E-state index in [1.807, 2.05) is 19.1 Å². The molecule has 0 bridgehead atoms. The normalized spacial score (nSPS) is 15.3. The first-order valence-corrected chi connectivity index (χ1v) is 7.97. The average Bonchev–Trinajstić information content (AvgIpc) is 2.57. The zero-order valence-electron chi connectivity index (χ0n) is 13.2. The van der Waals surface area contributed by atoms with Crippen molar-refractivity contribution in [3.63, 3.8) is 0 Å². The van der Waals surface area contributed by atoms with Crippen LogP contribution in [-0.4, -0.2) is 15.1 Å². The maximum absolute atomic E-state index is 10.1. The Morgan fingerprint density at radius 3 is 2.65 bits per heavy atom. The minimum Gasteiger partial charge on any atom is -0.507 e. The number of aromatic nitrogens is 2. The number of aryl methyl sites for hydroxylation is 1. The Morgan fingerprint density at radius 1 is 1.22 bits per heavy atom. The molecule has 1 saturated carbocycles. The van der Waals surface area contributed by atoms with Gasteiger partial charge in [-0.3, -0.25) is 0 Å². The molecule has 0 unspecified atom stereocenters. The fourth-order valence-electron chi connectivity index (χ4n) is 3.23. The van der Waals surface area contributed by atoms with Crippen LogP contribution < -0.4 is 5.73 Å². The van der Waals surface area contributed by atoms with Gasteiger partial charge in [0.2, 0.25) is 0 Å². The Hall–Kier alpha value is -2.61. The van der Waals surface area contributed by atoms with E-state index < -0.39 is 0 Å². The van der Waals surface area contributed by atoms with E-state index in [-0.39, 0.29) is 17.5 Å². The highest BCUT2D eigenvalue weighted by Crippen LogP contribution is 2.36. The molecule has 23 heavy (non-hydrogen) atoms. The van der Waals surface area contributed by atoms with Crippen molar-refractivity contribution in [1.29, 1.82) is 5.26 Å². The molecule has 1 aliphatic carbocycles. The van der Waals surface area contributed by atoms with Gasteiger partial charge in [0.25, 0.3) is 0 Å². The first-order chi connectivity index (χ1) is 11.1. The van der Waals surface area contributed by atoms with Crippen molar-refractivity contribution >= 4 is 5.82 Å². The third kappa shape index (κ3) is 2.98. The number of nitrogen functional groups attached to an aromatic ring is 1. The minimum atomic E-state index is 0.120. The Bertz CT molecular complexity index is 773. The number of anilines is 1. The van der Waals surface area contributed by atoms with E-state index in [1.54, 1.807) is 6.07 Å².